The molecule has 0 radical (unpaired) electrons. The summed E-state index contributed by atoms with van der Waals surface area (Å²) in [7, 11) is 1.59. The molecule has 2 rings (SSSR count). The maximum Gasteiger partial charge on any atom is 0.226 e. The van der Waals surface area contributed by atoms with Crippen LogP contribution in [0.5, 0.6) is 11.5 Å². The number of hydrogen-bond acceptors (Lipinski definition) is 4. The number of aldehydes is 1. The van der Waals surface area contributed by atoms with Gasteiger partial charge in [-0.15, -0.1) is 0 Å². The lowest BCUT2D eigenvalue weighted by molar-refractivity contribution is -0.131. The molecule has 1 aromatic carbocycles. The third-order valence-corrected chi connectivity index (χ3v) is 3.88. The van der Waals surface area contributed by atoms with Crippen LogP contribution in [0.2, 0.25) is 0 Å². The van der Waals surface area contributed by atoms with E-state index >= 15 is 0 Å². The van der Waals surface area contributed by atoms with Crippen molar-refractivity contribution in [2.45, 2.75) is 20.4 Å². The molecule has 0 aliphatic carbocycles. The highest BCUT2D eigenvalue weighted by Crippen LogP contribution is 2.29. The number of methoxy groups -OCH3 is 1. The van der Waals surface area contributed by atoms with E-state index in [1.807, 2.05) is 25.1 Å². The summed E-state index contributed by atoms with van der Waals surface area (Å²) in [6.45, 7) is 5.23. The van der Waals surface area contributed by atoms with E-state index < -0.39 is 0 Å². The van der Waals surface area contributed by atoms with Gasteiger partial charge >= 0.3 is 0 Å². The molecule has 114 valence electrons. The second kappa shape index (κ2) is 6.61. The number of benzene rings is 1. The summed E-state index contributed by atoms with van der Waals surface area (Å²) >= 11 is 0. The van der Waals surface area contributed by atoms with Crippen molar-refractivity contribution in [3.05, 3.63) is 23.8 Å². The third-order valence-electron chi connectivity index (χ3n) is 3.88. The van der Waals surface area contributed by atoms with Gasteiger partial charge in [-0.3, -0.25) is 4.79 Å². The molecule has 1 aliphatic rings. The topological polar surface area (TPSA) is 55.8 Å². The number of nitrogens with zero attached hydrogens (tertiary/aromatic N) is 1. The zero-order chi connectivity index (χ0) is 15.4. The van der Waals surface area contributed by atoms with Crippen molar-refractivity contribution in [3.8, 4) is 11.5 Å². The maximum atomic E-state index is 12.1. The molecule has 5 heteroatoms. The predicted octanol–water partition coefficient (Wildman–Crippen LogP) is 1.89. The minimum atomic E-state index is -0.240. The second-order valence-corrected chi connectivity index (χ2v) is 5.21. The Morgan fingerprint density at radius 1 is 1.43 bits per heavy atom. The molecule has 21 heavy (non-hydrogen) atoms. The molecule has 1 fully saturated rings. The summed E-state index contributed by atoms with van der Waals surface area (Å²) in [5.41, 5.74) is 0.910. The third kappa shape index (κ3) is 3.17. The minimum absolute atomic E-state index is 0.0167. The average molecular weight is 291 g/mol. The van der Waals surface area contributed by atoms with Gasteiger partial charge in [-0.05, 0) is 19.1 Å². The van der Waals surface area contributed by atoms with Gasteiger partial charge in [-0.25, -0.2) is 0 Å². The zero-order valence-electron chi connectivity index (χ0n) is 12.7. The first-order valence-corrected chi connectivity index (χ1v) is 7.14. The highest BCUT2D eigenvalue weighted by molar-refractivity contribution is 5.85. The van der Waals surface area contributed by atoms with Crippen molar-refractivity contribution in [2.75, 3.05) is 20.3 Å². The largest absolute Gasteiger partial charge is 0.496 e. The molecule has 2 atom stereocenters. The Bertz CT molecular complexity index is 529. The smallest absolute Gasteiger partial charge is 0.226 e. The van der Waals surface area contributed by atoms with Crippen LogP contribution in [-0.4, -0.2) is 37.4 Å². The SMILES string of the molecule is CCOc1ccc(CN2C[C@H](C=O)[C@@H](C)C2=O)c(OC)c1. The molecular formula is C16H21NO4. The van der Waals surface area contributed by atoms with Gasteiger partial charge in [-0.2, -0.15) is 0 Å². The van der Waals surface area contributed by atoms with E-state index in [1.165, 1.54) is 0 Å². The summed E-state index contributed by atoms with van der Waals surface area (Å²) in [5.74, 6) is 0.992. The molecule has 1 amide bonds. The molecule has 1 saturated heterocycles. The fraction of sp³-hybridized carbons (Fsp3) is 0.500. The molecule has 5 nitrogen and oxygen atoms in total. The van der Waals surface area contributed by atoms with Crippen LogP contribution >= 0.6 is 0 Å². The Hall–Kier alpha value is -2.04. The molecule has 1 aliphatic heterocycles. The van der Waals surface area contributed by atoms with E-state index in [4.69, 9.17) is 9.47 Å². The summed E-state index contributed by atoms with van der Waals surface area (Å²) in [6, 6.07) is 5.58. The molecule has 0 bridgehead atoms. The molecule has 1 heterocycles. The monoisotopic (exact) mass is 291 g/mol. The van der Waals surface area contributed by atoms with Crippen molar-refractivity contribution >= 4 is 12.2 Å². The van der Waals surface area contributed by atoms with Gasteiger partial charge < -0.3 is 19.2 Å². The summed E-state index contributed by atoms with van der Waals surface area (Å²) < 4.78 is 10.8. The van der Waals surface area contributed by atoms with E-state index in [0.717, 1.165) is 17.6 Å². The van der Waals surface area contributed by atoms with Gasteiger partial charge in [0.1, 0.15) is 17.8 Å². The van der Waals surface area contributed by atoms with Crippen LogP contribution in [0.15, 0.2) is 18.2 Å². The van der Waals surface area contributed by atoms with Gasteiger partial charge in [0.2, 0.25) is 5.91 Å². The van der Waals surface area contributed by atoms with E-state index in [0.29, 0.717) is 25.4 Å². The lowest BCUT2D eigenvalue weighted by atomic mass is 10.00. The molecule has 0 unspecified atom stereocenters. The van der Waals surface area contributed by atoms with Gasteiger partial charge in [0.15, 0.2) is 0 Å². The number of rotatable bonds is 6. The molecular weight excluding hydrogens is 270 g/mol. The molecule has 0 saturated carbocycles. The molecule has 0 N–H and O–H groups in total. The highest BCUT2D eigenvalue weighted by atomic mass is 16.5. The van der Waals surface area contributed by atoms with Crippen LogP contribution in [0, 0.1) is 11.8 Å². The Morgan fingerprint density at radius 2 is 2.19 bits per heavy atom. The number of amides is 1. The average Bonchev–Trinajstić information content (AvgIpc) is 2.77. The summed E-state index contributed by atoms with van der Waals surface area (Å²) in [4.78, 5) is 24.8. The van der Waals surface area contributed by atoms with Crippen molar-refractivity contribution in [3.63, 3.8) is 0 Å². The van der Waals surface area contributed by atoms with E-state index in [2.05, 4.69) is 0 Å². The van der Waals surface area contributed by atoms with Crippen LogP contribution in [0.4, 0.5) is 0 Å². The van der Waals surface area contributed by atoms with Crippen LogP contribution in [0.25, 0.3) is 0 Å². The van der Waals surface area contributed by atoms with Gasteiger partial charge in [0, 0.05) is 36.6 Å². The lowest BCUT2D eigenvalue weighted by Crippen LogP contribution is -2.26. The van der Waals surface area contributed by atoms with Crippen molar-refractivity contribution in [1.29, 1.82) is 0 Å². The Balaban J connectivity index is 2.16. The fourth-order valence-corrected chi connectivity index (χ4v) is 2.59. The lowest BCUT2D eigenvalue weighted by Gasteiger charge is -2.18. The van der Waals surface area contributed by atoms with Crippen LogP contribution < -0.4 is 9.47 Å². The van der Waals surface area contributed by atoms with Gasteiger partial charge in [0.05, 0.1) is 13.7 Å². The number of hydrogen-bond donors (Lipinski definition) is 0. The zero-order valence-corrected chi connectivity index (χ0v) is 12.7. The van der Waals surface area contributed by atoms with Gasteiger partial charge in [0.25, 0.3) is 0 Å². The number of carbonyl (C=O) groups excluding carboxylic acids is 2. The minimum Gasteiger partial charge on any atom is -0.496 e. The Labute approximate surface area is 124 Å². The summed E-state index contributed by atoms with van der Waals surface area (Å²) in [5, 5.41) is 0. The molecule has 0 spiro atoms. The predicted molar refractivity (Wildman–Crippen MR) is 78.3 cm³/mol. The van der Waals surface area contributed by atoms with Crippen molar-refractivity contribution in [2.24, 2.45) is 11.8 Å². The van der Waals surface area contributed by atoms with E-state index in [9.17, 15) is 9.59 Å². The first-order valence-electron chi connectivity index (χ1n) is 7.14. The Kier molecular flexibility index (Phi) is 4.83. The van der Waals surface area contributed by atoms with Crippen LogP contribution in [0.1, 0.15) is 19.4 Å². The van der Waals surface area contributed by atoms with E-state index in [-0.39, 0.29) is 17.7 Å². The molecule has 0 aromatic heterocycles. The second-order valence-electron chi connectivity index (χ2n) is 5.21. The summed E-state index contributed by atoms with van der Waals surface area (Å²) in [6.07, 6.45) is 0.873. The maximum absolute atomic E-state index is 12.1. The van der Waals surface area contributed by atoms with E-state index in [1.54, 1.807) is 18.9 Å². The number of likely N-dealkylation sites (tertiary alicyclic amines) is 1. The van der Waals surface area contributed by atoms with Crippen molar-refractivity contribution in [1.82, 2.24) is 4.90 Å². The fourth-order valence-electron chi connectivity index (χ4n) is 2.59. The van der Waals surface area contributed by atoms with Crippen molar-refractivity contribution < 1.29 is 19.1 Å². The highest BCUT2D eigenvalue weighted by Gasteiger charge is 2.37. The first kappa shape index (κ1) is 15.4. The van der Waals surface area contributed by atoms with Gasteiger partial charge in [-0.1, -0.05) is 6.92 Å². The van der Waals surface area contributed by atoms with Crippen LogP contribution in [0.3, 0.4) is 0 Å². The number of ether oxygens (including phenoxy) is 2. The molecule has 1 aromatic rings. The normalized spacial score (nSPS) is 21.5. The van der Waals surface area contributed by atoms with Crippen LogP contribution in [-0.2, 0) is 16.1 Å². The number of carbonyl (C=O) groups is 2. The quantitative estimate of drug-likeness (QED) is 0.751. The first-order chi connectivity index (χ1) is 10.1. The standard InChI is InChI=1S/C16H21NO4/c1-4-21-14-6-5-12(15(7-14)20-3)8-17-9-13(10-18)11(2)16(17)19/h5-7,10-11,13H,4,8-9H2,1-3H3/t11-,13-/m1/s1. The Morgan fingerprint density at radius 3 is 2.76 bits per heavy atom.